The lowest BCUT2D eigenvalue weighted by Gasteiger charge is -2.21. The number of aromatic nitrogens is 3. The molecule has 1 aromatic heterocycles. The average molecular weight is 183 g/mol. The normalized spacial score (nSPS) is 23.2. The van der Waals surface area contributed by atoms with Crippen LogP contribution in [0.1, 0.15) is 25.1 Å². The van der Waals surface area contributed by atoms with Crippen LogP contribution in [0, 0.1) is 0 Å². The lowest BCUT2D eigenvalue weighted by molar-refractivity contribution is 0.0157. The molecule has 13 heavy (non-hydrogen) atoms. The van der Waals surface area contributed by atoms with Crippen molar-refractivity contribution in [1.82, 2.24) is 15.2 Å². The van der Waals surface area contributed by atoms with E-state index < -0.39 is 0 Å². The van der Waals surface area contributed by atoms with Crippen molar-refractivity contribution in [3.8, 4) is 0 Å². The number of H-pyrrole nitrogens is 2. The van der Waals surface area contributed by atoms with Gasteiger partial charge in [0, 0.05) is 13.0 Å². The van der Waals surface area contributed by atoms with E-state index in [9.17, 15) is 4.79 Å². The summed E-state index contributed by atoms with van der Waals surface area (Å²) in [6.45, 7) is 0.833. The van der Waals surface area contributed by atoms with Crippen molar-refractivity contribution in [3.05, 3.63) is 16.3 Å². The van der Waals surface area contributed by atoms with Crippen molar-refractivity contribution in [2.75, 3.05) is 6.61 Å². The number of hydrogen-bond donors (Lipinski definition) is 2. The molecule has 72 valence electrons. The van der Waals surface area contributed by atoms with Gasteiger partial charge in [-0.15, -0.1) is 0 Å². The van der Waals surface area contributed by atoms with Crippen molar-refractivity contribution in [1.29, 1.82) is 0 Å². The van der Waals surface area contributed by atoms with Gasteiger partial charge in [0.2, 0.25) is 0 Å². The first-order valence-corrected chi connectivity index (χ1v) is 4.60. The number of aromatic amines is 2. The first-order valence-electron chi connectivity index (χ1n) is 4.60. The lowest BCUT2D eigenvalue weighted by Crippen LogP contribution is -2.22. The minimum Gasteiger partial charge on any atom is -0.378 e. The molecule has 1 unspecified atom stereocenters. The quantitative estimate of drug-likeness (QED) is 0.688. The first-order chi connectivity index (χ1) is 6.34. The standard InChI is InChI=1S/C8H13N3O2/c12-8-9-7(10-11-8)5-6-3-1-2-4-13-6/h6H,1-5H2,(H2,9,10,11,12). The Morgan fingerprint density at radius 3 is 3.08 bits per heavy atom. The van der Waals surface area contributed by atoms with Gasteiger partial charge in [-0.3, -0.25) is 4.98 Å². The Labute approximate surface area is 75.5 Å². The summed E-state index contributed by atoms with van der Waals surface area (Å²) in [6, 6.07) is 0. The van der Waals surface area contributed by atoms with Crippen molar-refractivity contribution < 1.29 is 4.74 Å². The van der Waals surface area contributed by atoms with Gasteiger partial charge in [0.15, 0.2) is 0 Å². The Morgan fingerprint density at radius 1 is 1.54 bits per heavy atom. The smallest absolute Gasteiger partial charge is 0.340 e. The number of hydrogen-bond acceptors (Lipinski definition) is 3. The molecule has 5 nitrogen and oxygen atoms in total. The van der Waals surface area contributed by atoms with Gasteiger partial charge >= 0.3 is 5.69 Å². The van der Waals surface area contributed by atoms with E-state index >= 15 is 0 Å². The van der Waals surface area contributed by atoms with E-state index in [1.165, 1.54) is 6.42 Å². The van der Waals surface area contributed by atoms with Crippen molar-refractivity contribution in [3.63, 3.8) is 0 Å². The van der Waals surface area contributed by atoms with Crippen LogP contribution in [-0.2, 0) is 11.2 Å². The molecular weight excluding hydrogens is 170 g/mol. The molecule has 0 spiro atoms. The second kappa shape index (κ2) is 3.74. The van der Waals surface area contributed by atoms with Crippen LogP contribution in [0.4, 0.5) is 0 Å². The summed E-state index contributed by atoms with van der Waals surface area (Å²) >= 11 is 0. The predicted octanol–water partition coefficient (Wildman–Crippen LogP) is 0.210. The highest BCUT2D eigenvalue weighted by molar-refractivity contribution is 4.85. The number of ether oxygens (including phenoxy) is 1. The highest BCUT2D eigenvalue weighted by Gasteiger charge is 2.15. The Hall–Kier alpha value is -1.10. The molecule has 1 saturated heterocycles. The second-order valence-electron chi connectivity index (χ2n) is 3.32. The molecule has 1 aliphatic rings. The first kappa shape index (κ1) is 8.50. The van der Waals surface area contributed by atoms with E-state index in [1.807, 2.05) is 0 Å². The SMILES string of the molecule is O=c1[nH]nc(CC2CCCCO2)[nH]1. The zero-order valence-corrected chi connectivity index (χ0v) is 7.38. The Bertz CT molecular complexity index is 311. The maximum Gasteiger partial charge on any atom is 0.340 e. The maximum atomic E-state index is 10.7. The maximum absolute atomic E-state index is 10.7. The number of nitrogens with one attached hydrogen (secondary N) is 2. The van der Waals surface area contributed by atoms with Gasteiger partial charge in [0.1, 0.15) is 5.82 Å². The zero-order chi connectivity index (χ0) is 9.10. The van der Waals surface area contributed by atoms with E-state index in [0.717, 1.165) is 19.4 Å². The van der Waals surface area contributed by atoms with E-state index in [1.54, 1.807) is 0 Å². The molecule has 1 atom stereocenters. The molecule has 0 amide bonds. The fourth-order valence-electron chi connectivity index (χ4n) is 1.59. The molecule has 2 heterocycles. The predicted molar refractivity (Wildman–Crippen MR) is 46.5 cm³/mol. The molecule has 0 radical (unpaired) electrons. The summed E-state index contributed by atoms with van der Waals surface area (Å²) in [6.07, 6.45) is 4.35. The van der Waals surface area contributed by atoms with Gasteiger partial charge in [-0.1, -0.05) is 0 Å². The topological polar surface area (TPSA) is 70.8 Å². The molecule has 0 aliphatic carbocycles. The van der Waals surface area contributed by atoms with Crippen molar-refractivity contribution in [2.24, 2.45) is 0 Å². The van der Waals surface area contributed by atoms with Crippen LogP contribution in [0.25, 0.3) is 0 Å². The van der Waals surface area contributed by atoms with Crippen LogP contribution >= 0.6 is 0 Å². The summed E-state index contributed by atoms with van der Waals surface area (Å²) < 4.78 is 5.52. The van der Waals surface area contributed by atoms with Gasteiger partial charge in [-0.25, -0.2) is 9.89 Å². The second-order valence-corrected chi connectivity index (χ2v) is 3.32. The van der Waals surface area contributed by atoms with Crippen molar-refractivity contribution >= 4 is 0 Å². The molecule has 2 N–H and O–H groups in total. The zero-order valence-electron chi connectivity index (χ0n) is 7.38. The lowest BCUT2D eigenvalue weighted by atomic mass is 10.1. The summed E-state index contributed by atoms with van der Waals surface area (Å²) in [5, 5.41) is 6.18. The molecule has 1 aliphatic heterocycles. The monoisotopic (exact) mass is 183 g/mol. The summed E-state index contributed by atoms with van der Waals surface area (Å²) in [5.41, 5.74) is -0.245. The molecule has 1 fully saturated rings. The molecule has 0 bridgehead atoms. The van der Waals surface area contributed by atoms with Crippen LogP contribution < -0.4 is 5.69 Å². The number of rotatable bonds is 2. The van der Waals surface area contributed by atoms with Gasteiger partial charge < -0.3 is 4.74 Å². The molecule has 2 rings (SSSR count). The third kappa shape index (κ3) is 2.18. The van der Waals surface area contributed by atoms with Crippen molar-refractivity contribution in [2.45, 2.75) is 31.8 Å². The minimum atomic E-state index is -0.245. The molecule has 5 heteroatoms. The highest BCUT2D eigenvalue weighted by Crippen LogP contribution is 2.14. The van der Waals surface area contributed by atoms with E-state index in [-0.39, 0.29) is 11.8 Å². The van der Waals surface area contributed by atoms with Crippen LogP contribution in [0.3, 0.4) is 0 Å². The van der Waals surface area contributed by atoms with Gasteiger partial charge in [-0.05, 0) is 19.3 Å². The van der Waals surface area contributed by atoms with Crippen LogP contribution in [0.2, 0.25) is 0 Å². The average Bonchev–Trinajstić information content (AvgIpc) is 2.53. The summed E-state index contributed by atoms with van der Waals surface area (Å²) in [5.74, 6) is 0.692. The van der Waals surface area contributed by atoms with Crippen LogP contribution in [0.15, 0.2) is 4.79 Å². The fraction of sp³-hybridized carbons (Fsp3) is 0.750. The molecule has 0 saturated carbocycles. The number of nitrogens with zero attached hydrogens (tertiary/aromatic N) is 1. The molecule has 0 aromatic carbocycles. The Balaban J connectivity index is 1.93. The third-order valence-electron chi connectivity index (χ3n) is 2.25. The van der Waals surface area contributed by atoms with Crippen LogP contribution in [0.5, 0.6) is 0 Å². The Kier molecular flexibility index (Phi) is 2.44. The highest BCUT2D eigenvalue weighted by atomic mass is 16.5. The molecule has 1 aromatic rings. The van der Waals surface area contributed by atoms with Gasteiger partial charge in [-0.2, -0.15) is 5.10 Å². The largest absolute Gasteiger partial charge is 0.378 e. The fourth-order valence-corrected chi connectivity index (χ4v) is 1.59. The Morgan fingerprint density at radius 2 is 2.46 bits per heavy atom. The van der Waals surface area contributed by atoms with E-state index in [4.69, 9.17) is 4.74 Å². The van der Waals surface area contributed by atoms with E-state index in [2.05, 4.69) is 15.2 Å². The minimum absolute atomic E-state index is 0.229. The van der Waals surface area contributed by atoms with Gasteiger partial charge in [0.05, 0.1) is 6.10 Å². The summed E-state index contributed by atoms with van der Waals surface area (Å²) in [4.78, 5) is 13.3. The summed E-state index contributed by atoms with van der Waals surface area (Å²) in [7, 11) is 0. The van der Waals surface area contributed by atoms with E-state index in [0.29, 0.717) is 12.2 Å². The molecular formula is C8H13N3O2. The third-order valence-corrected chi connectivity index (χ3v) is 2.25. The van der Waals surface area contributed by atoms with Gasteiger partial charge in [0.25, 0.3) is 0 Å². The van der Waals surface area contributed by atoms with Crippen LogP contribution in [-0.4, -0.2) is 27.9 Å².